The lowest BCUT2D eigenvalue weighted by Gasteiger charge is -2.22. The molecule has 2 aromatic rings. The van der Waals surface area contributed by atoms with Crippen LogP contribution < -0.4 is 9.47 Å². The van der Waals surface area contributed by atoms with Crippen LogP contribution in [0.1, 0.15) is 74.4 Å². The molecule has 0 radical (unpaired) electrons. The largest absolute Gasteiger partial charge is 0.508 e. The first-order chi connectivity index (χ1) is 15.9. The van der Waals surface area contributed by atoms with Crippen LogP contribution >= 0.6 is 0 Å². The lowest BCUT2D eigenvalue weighted by atomic mass is 9.96. The van der Waals surface area contributed by atoms with Crippen LogP contribution in [0.5, 0.6) is 17.2 Å². The van der Waals surface area contributed by atoms with E-state index in [2.05, 4.69) is 13.8 Å². The van der Waals surface area contributed by atoms with E-state index < -0.39 is 11.9 Å². The molecule has 34 heavy (non-hydrogen) atoms. The van der Waals surface area contributed by atoms with Gasteiger partial charge in [0.25, 0.3) is 0 Å². The number of benzene rings is 2. The van der Waals surface area contributed by atoms with Crippen molar-refractivity contribution in [3.05, 3.63) is 50.6 Å². The Balaban J connectivity index is 2.59. The molecule has 2 rings (SSSR count). The number of methoxy groups -OCH3 is 1. The number of phenolic OH excluding ortho intramolecular Hbond substituents is 1. The first kappa shape index (κ1) is 27.2. The highest BCUT2D eigenvalue weighted by atomic mass is 16.7. The summed E-state index contributed by atoms with van der Waals surface area (Å²) >= 11 is 0. The molecular formula is C27H36O7. The number of ether oxygens (including phenoxy) is 4. The topological polar surface area (TPSA) is 91.3 Å². The number of aromatic hydroxyl groups is 1. The fraction of sp³-hybridized carbons (Fsp3) is 0.481. The molecule has 1 N–H and O–H groups in total. The van der Waals surface area contributed by atoms with E-state index in [0.717, 1.165) is 6.42 Å². The standard InChI is InChI=1S/C27H36O7/c1-14(2)10-11-32-25-20(8)24(19(7)18(6)23(25)26(29)33-13-31-9)34-27(30)22-15(3)12-21(28)16(4)17(22)5/h12,14,28H,10-11,13H2,1-9H3. The van der Waals surface area contributed by atoms with Gasteiger partial charge in [0.05, 0.1) is 12.2 Å². The summed E-state index contributed by atoms with van der Waals surface area (Å²) in [6, 6.07) is 1.55. The number of rotatable bonds is 9. The summed E-state index contributed by atoms with van der Waals surface area (Å²) in [5.74, 6) is 0.124. The number of phenols is 1. The van der Waals surface area contributed by atoms with Gasteiger partial charge in [-0.25, -0.2) is 9.59 Å². The van der Waals surface area contributed by atoms with Crippen LogP contribution in [-0.4, -0.2) is 37.6 Å². The maximum absolute atomic E-state index is 13.3. The van der Waals surface area contributed by atoms with E-state index in [1.807, 2.05) is 0 Å². The van der Waals surface area contributed by atoms with Crippen LogP contribution in [0.3, 0.4) is 0 Å². The number of esters is 2. The minimum atomic E-state index is -0.566. The zero-order chi connectivity index (χ0) is 25.7. The molecule has 0 atom stereocenters. The molecule has 186 valence electrons. The zero-order valence-electron chi connectivity index (χ0n) is 21.7. The van der Waals surface area contributed by atoms with Crippen LogP contribution in [0.15, 0.2) is 6.07 Å². The van der Waals surface area contributed by atoms with Crippen molar-refractivity contribution in [2.75, 3.05) is 20.5 Å². The Kier molecular flexibility index (Phi) is 9.10. The van der Waals surface area contributed by atoms with Gasteiger partial charge in [0.15, 0.2) is 6.79 Å². The highest BCUT2D eigenvalue weighted by molar-refractivity contribution is 5.98. The Hall–Kier alpha value is -3.06. The van der Waals surface area contributed by atoms with Gasteiger partial charge < -0.3 is 24.1 Å². The number of aryl methyl sites for hydroxylation is 1. The Morgan fingerprint density at radius 1 is 0.853 bits per heavy atom. The third kappa shape index (κ3) is 5.70. The fourth-order valence-electron chi connectivity index (χ4n) is 3.78. The quantitative estimate of drug-likeness (QED) is 0.286. The summed E-state index contributed by atoms with van der Waals surface area (Å²) in [6.45, 7) is 15.0. The predicted molar refractivity (Wildman–Crippen MR) is 130 cm³/mol. The lowest BCUT2D eigenvalue weighted by Crippen LogP contribution is -2.18. The summed E-state index contributed by atoms with van der Waals surface area (Å²) in [4.78, 5) is 26.1. The predicted octanol–water partition coefficient (Wildman–Crippen LogP) is 5.65. The number of hydrogen-bond acceptors (Lipinski definition) is 7. The molecule has 0 saturated carbocycles. The summed E-state index contributed by atoms with van der Waals surface area (Å²) < 4.78 is 22.1. The molecular weight excluding hydrogens is 436 g/mol. The van der Waals surface area contributed by atoms with Crippen molar-refractivity contribution in [3.8, 4) is 17.2 Å². The molecule has 0 bridgehead atoms. The lowest BCUT2D eigenvalue weighted by molar-refractivity contribution is -0.0128. The third-order valence-electron chi connectivity index (χ3n) is 6.11. The van der Waals surface area contributed by atoms with E-state index in [-0.39, 0.29) is 12.5 Å². The SMILES string of the molecule is COCOC(=O)c1c(C)c(C)c(OC(=O)c2c(C)cc(O)c(C)c2C)c(C)c1OCCC(C)C. The van der Waals surface area contributed by atoms with Crippen molar-refractivity contribution in [3.63, 3.8) is 0 Å². The molecule has 0 aliphatic heterocycles. The van der Waals surface area contributed by atoms with Crippen LogP contribution in [0.4, 0.5) is 0 Å². The van der Waals surface area contributed by atoms with Gasteiger partial charge >= 0.3 is 11.9 Å². The Morgan fingerprint density at radius 2 is 1.47 bits per heavy atom. The smallest absolute Gasteiger partial charge is 0.344 e. The number of hydrogen-bond donors (Lipinski definition) is 1. The van der Waals surface area contributed by atoms with Gasteiger partial charge in [-0.1, -0.05) is 13.8 Å². The van der Waals surface area contributed by atoms with Crippen molar-refractivity contribution in [1.29, 1.82) is 0 Å². The van der Waals surface area contributed by atoms with Crippen molar-refractivity contribution < 1.29 is 33.6 Å². The summed E-state index contributed by atoms with van der Waals surface area (Å²) in [7, 11) is 1.44. The van der Waals surface area contributed by atoms with Crippen molar-refractivity contribution >= 4 is 11.9 Å². The first-order valence-electron chi connectivity index (χ1n) is 11.4. The average molecular weight is 473 g/mol. The van der Waals surface area contributed by atoms with E-state index >= 15 is 0 Å². The van der Waals surface area contributed by atoms with Gasteiger partial charge in [0.2, 0.25) is 0 Å². The Bertz CT molecular complexity index is 1080. The second-order valence-corrected chi connectivity index (χ2v) is 9.00. The molecule has 0 spiro atoms. The molecule has 0 heterocycles. The molecule has 0 aliphatic rings. The van der Waals surface area contributed by atoms with Gasteiger partial charge in [-0.15, -0.1) is 0 Å². The third-order valence-corrected chi connectivity index (χ3v) is 6.11. The van der Waals surface area contributed by atoms with E-state index in [4.69, 9.17) is 18.9 Å². The van der Waals surface area contributed by atoms with E-state index in [1.165, 1.54) is 7.11 Å². The zero-order valence-corrected chi connectivity index (χ0v) is 21.7. The summed E-state index contributed by atoms with van der Waals surface area (Å²) in [6.07, 6.45) is 0.791. The number of carbonyl (C=O) groups is 2. The van der Waals surface area contributed by atoms with Gasteiger partial charge in [-0.2, -0.15) is 0 Å². The van der Waals surface area contributed by atoms with E-state index in [1.54, 1.807) is 47.6 Å². The number of carbonyl (C=O) groups excluding carboxylic acids is 2. The molecule has 0 unspecified atom stereocenters. The maximum atomic E-state index is 13.3. The van der Waals surface area contributed by atoms with Crippen molar-refractivity contribution in [2.24, 2.45) is 5.92 Å². The molecule has 7 heteroatoms. The second kappa shape index (κ2) is 11.4. The summed E-state index contributed by atoms with van der Waals surface area (Å²) in [5, 5.41) is 10.1. The van der Waals surface area contributed by atoms with Crippen LogP contribution in [0, 0.1) is 47.5 Å². The minimum Gasteiger partial charge on any atom is -0.508 e. The minimum absolute atomic E-state index is 0.134. The first-order valence-corrected chi connectivity index (χ1v) is 11.4. The summed E-state index contributed by atoms with van der Waals surface area (Å²) in [5.41, 5.74) is 4.36. The molecule has 7 nitrogen and oxygen atoms in total. The van der Waals surface area contributed by atoms with Crippen molar-refractivity contribution in [2.45, 2.75) is 61.8 Å². The van der Waals surface area contributed by atoms with Gasteiger partial charge in [0, 0.05) is 12.7 Å². The van der Waals surface area contributed by atoms with Crippen LogP contribution in [0.2, 0.25) is 0 Å². The normalized spacial score (nSPS) is 11.0. The molecule has 0 fully saturated rings. The maximum Gasteiger partial charge on any atom is 0.344 e. The molecule has 0 saturated heterocycles. The van der Waals surface area contributed by atoms with Gasteiger partial charge in [0.1, 0.15) is 22.8 Å². The molecule has 2 aromatic carbocycles. The Morgan fingerprint density at radius 3 is 2.06 bits per heavy atom. The average Bonchev–Trinajstić information content (AvgIpc) is 2.76. The Labute approximate surface area is 202 Å². The molecule has 0 amide bonds. The molecule has 0 aliphatic carbocycles. The van der Waals surface area contributed by atoms with E-state index in [9.17, 15) is 14.7 Å². The van der Waals surface area contributed by atoms with Gasteiger partial charge in [-0.3, -0.25) is 0 Å². The van der Waals surface area contributed by atoms with E-state index in [0.29, 0.717) is 68.5 Å². The van der Waals surface area contributed by atoms with Gasteiger partial charge in [-0.05, 0) is 87.8 Å². The van der Waals surface area contributed by atoms with Crippen LogP contribution in [0.25, 0.3) is 0 Å². The van der Waals surface area contributed by atoms with Crippen LogP contribution in [-0.2, 0) is 9.47 Å². The highest BCUT2D eigenvalue weighted by Crippen LogP contribution is 2.40. The fourth-order valence-corrected chi connectivity index (χ4v) is 3.78. The van der Waals surface area contributed by atoms with Crippen molar-refractivity contribution in [1.82, 2.24) is 0 Å². The monoisotopic (exact) mass is 472 g/mol. The highest BCUT2D eigenvalue weighted by Gasteiger charge is 2.28. The second-order valence-electron chi connectivity index (χ2n) is 9.00. The molecule has 0 aromatic heterocycles.